The number of carboxylic acids is 1. The zero-order valence-electron chi connectivity index (χ0n) is 8.95. The molecule has 88 valence electrons. The number of carbonyl (C=O) groups is 1. The summed E-state index contributed by atoms with van der Waals surface area (Å²) in [6, 6.07) is 5.82. The van der Waals surface area contributed by atoms with Gasteiger partial charge in [-0.2, -0.15) is 0 Å². The van der Waals surface area contributed by atoms with Gasteiger partial charge in [-0.15, -0.1) is 0 Å². The van der Waals surface area contributed by atoms with E-state index in [1.807, 2.05) is 0 Å². The Morgan fingerprint density at radius 3 is 2.82 bits per heavy atom. The second-order valence-electron chi connectivity index (χ2n) is 3.60. The van der Waals surface area contributed by atoms with Crippen LogP contribution in [0.15, 0.2) is 30.5 Å². The molecule has 1 aromatic carbocycles. The van der Waals surface area contributed by atoms with Crippen molar-refractivity contribution in [3.63, 3.8) is 0 Å². The van der Waals surface area contributed by atoms with E-state index in [9.17, 15) is 9.18 Å². The van der Waals surface area contributed by atoms with Crippen LogP contribution in [0.2, 0.25) is 5.02 Å². The molecule has 1 aromatic heterocycles. The molecule has 0 saturated heterocycles. The molecule has 0 unspecified atom stereocenters. The van der Waals surface area contributed by atoms with Crippen molar-refractivity contribution < 1.29 is 14.3 Å². The van der Waals surface area contributed by atoms with Gasteiger partial charge >= 0.3 is 5.97 Å². The van der Waals surface area contributed by atoms with Gasteiger partial charge < -0.3 is 9.67 Å². The van der Waals surface area contributed by atoms with Gasteiger partial charge in [0.25, 0.3) is 0 Å². The predicted octanol–water partition coefficient (Wildman–Crippen LogP) is 3.28. The van der Waals surface area contributed by atoms with Crippen LogP contribution >= 0.6 is 11.6 Å². The molecule has 0 spiro atoms. The number of hydrogen-bond acceptors (Lipinski definition) is 1. The average molecular weight is 254 g/mol. The highest BCUT2D eigenvalue weighted by molar-refractivity contribution is 6.31. The molecule has 0 aliphatic rings. The predicted molar refractivity (Wildman–Crippen MR) is 62.4 cm³/mol. The molecule has 2 rings (SSSR count). The molecule has 1 heterocycles. The Kier molecular flexibility index (Phi) is 2.90. The van der Waals surface area contributed by atoms with Crippen molar-refractivity contribution in [1.82, 2.24) is 4.57 Å². The minimum Gasteiger partial charge on any atom is -0.477 e. The van der Waals surface area contributed by atoms with E-state index in [0.717, 1.165) is 0 Å². The van der Waals surface area contributed by atoms with Crippen molar-refractivity contribution >= 4 is 17.6 Å². The summed E-state index contributed by atoms with van der Waals surface area (Å²) in [5, 5.41) is 9.32. The van der Waals surface area contributed by atoms with Gasteiger partial charge in [-0.1, -0.05) is 17.7 Å². The molecule has 1 N–H and O–H groups in total. The van der Waals surface area contributed by atoms with Gasteiger partial charge in [0.05, 0.1) is 10.7 Å². The van der Waals surface area contributed by atoms with Crippen molar-refractivity contribution in [3.8, 4) is 5.69 Å². The highest BCUT2D eigenvalue weighted by Gasteiger charge is 2.15. The van der Waals surface area contributed by atoms with Crippen LogP contribution < -0.4 is 0 Å². The maximum Gasteiger partial charge on any atom is 0.352 e. The summed E-state index contributed by atoms with van der Waals surface area (Å²) in [4.78, 5) is 11.0. The Morgan fingerprint density at radius 1 is 1.47 bits per heavy atom. The van der Waals surface area contributed by atoms with Crippen LogP contribution in [0.5, 0.6) is 0 Å². The lowest BCUT2D eigenvalue weighted by molar-refractivity contribution is 0.0688. The molecule has 3 nitrogen and oxygen atoms in total. The molecular formula is C12H9ClFNO2. The number of aromatic nitrogens is 1. The Labute approximate surface area is 102 Å². The maximum absolute atomic E-state index is 13.4. The fraction of sp³-hybridized carbons (Fsp3) is 0.0833. The van der Waals surface area contributed by atoms with Gasteiger partial charge in [0.2, 0.25) is 0 Å². The van der Waals surface area contributed by atoms with E-state index in [1.165, 1.54) is 29.0 Å². The minimum absolute atomic E-state index is 0.00343. The van der Waals surface area contributed by atoms with Crippen molar-refractivity contribution in [3.05, 3.63) is 52.6 Å². The minimum atomic E-state index is -1.11. The molecule has 0 aliphatic carbocycles. The quantitative estimate of drug-likeness (QED) is 0.892. The van der Waals surface area contributed by atoms with Gasteiger partial charge in [-0.05, 0) is 25.1 Å². The number of nitrogens with zero attached hydrogens (tertiary/aromatic N) is 1. The number of carboxylic acid groups (broad SMARTS) is 1. The first kappa shape index (κ1) is 11.7. The summed E-state index contributed by atoms with van der Waals surface area (Å²) in [6.07, 6.45) is 1.45. The second-order valence-corrected chi connectivity index (χ2v) is 4.04. The normalized spacial score (nSPS) is 10.5. The van der Waals surface area contributed by atoms with Gasteiger partial charge in [0.15, 0.2) is 0 Å². The van der Waals surface area contributed by atoms with E-state index < -0.39 is 5.97 Å². The first-order valence-electron chi connectivity index (χ1n) is 4.87. The molecule has 0 saturated carbocycles. The molecule has 0 atom stereocenters. The molecule has 0 radical (unpaired) electrons. The largest absolute Gasteiger partial charge is 0.477 e. The number of benzene rings is 1. The lowest BCUT2D eigenvalue weighted by Crippen LogP contribution is -2.07. The smallest absolute Gasteiger partial charge is 0.352 e. The lowest BCUT2D eigenvalue weighted by atomic mass is 10.2. The standard InChI is InChI=1S/C12H9ClFNO2/c1-7-9(14)3-2-4-10(7)15-6-8(13)5-11(15)12(16)17/h2-6H,1H3,(H,16,17). The maximum atomic E-state index is 13.4. The molecule has 0 amide bonds. The fourth-order valence-corrected chi connectivity index (χ4v) is 1.85. The van der Waals surface area contributed by atoms with Crippen LogP contribution in [0.4, 0.5) is 4.39 Å². The molecule has 0 bridgehead atoms. The number of aromatic carboxylic acids is 1. The average Bonchev–Trinajstić information content (AvgIpc) is 2.64. The first-order valence-corrected chi connectivity index (χ1v) is 5.25. The Bertz CT molecular complexity index is 592. The van der Waals surface area contributed by atoms with Crippen LogP contribution in [0.3, 0.4) is 0 Å². The summed E-state index contributed by atoms with van der Waals surface area (Å²) in [5.41, 5.74) is 0.847. The van der Waals surface area contributed by atoms with Gasteiger partial charge in [0.1, 0.15) is 11.5 Å². The third-order valence-corrected chi connectivity index (χ3v) is 2.71. The lowest BCUT2D eigenvalue weighted by Gasteiger charge is -2.09. The SMILES string of the molecule is Cc1c(F)cccc1-n1cc(Cl)cc1C(=O)O. The number of rotatable bonds is 2. The van der Waals surface area contributed by atoms with Crippen molar-refractivity contribution in [2.75, 3.05) is 0 Å². The van der Waals surface area contributed by atoms with E-state index >= 15 is 0 Å². The molecule has 5 heteroatoms. The third-order valence-electron chi connectivity index (χ3n) is 2.50. The van der Waals surface area contributed by atoms with E-state index in [-0.39, 0.29) is 11.5 Å². The summed E-state index contributed by atoms with van der Waals surface area (Å²) >= 11 is 5.77. The molecular weight excluding hydrogens is 245 g/mol. The van der Waals surface area contributed by atoms with Crippen LogP contribution in [-0.2, 0) is 0 Å². The molecule has 17 heavy (non-hydrogen) atoms. The molecule has 0 aliphatic heterocycles. The van der Waals surface area contributed by atoms with E-state index in [1.54, 1.807) is 13.0 Å². The Morgan fingerprint density at radius 2 is 2.18 bits per heavy atom. The van der Waals surface area contributed by atoms with E-state index in [2.05, 4.69) is 0 Å². The highest BCUT2D eigenvalue weighted by atomic mass is 35.5. The first-order chi connectivity index (χ1) is 8.00. The van der Waals surface area contributed by atoms with Crippen molar-refractivity contribution in [1.29, 1.82) is 0 Å². The van der Waals surface area contributed by atoms with Crippen LogP contribution in [0.25, 0.3) is 5.69 Å². The number of halogens is 2. The zero-order valence-corrected chi connectivity index (χ0v) is 9.70. The Hall–Kier alpha value is -1.81. The van der Waals surface area contributed by atoms with Crippen LogP contribution in [0.1, 0.15) is 16.1 Å². The summed E-state index contributed by atoms with van der Waals surface area (Å²) in [6.45, 7) is 1.59. The van der Waals surface area contributed by atoms with Crippen LogP contribution in [-0.4, -0.2) is 15.6 Å². The topological polar surface area (TPSA) is 42.2 Å². The number of hydrogen-bond donors (Lipinski definition) is 1. The van der Waals surface area contributed by atoms with Crippen molar-refractivity contribution in [2.24, 2.45) is 0 Å². The summed E-state index contributed by atoms with van der Waals surface area (Å²) < 4.78 is 14.8. The summed E-state index contributed by atoms with van der Waals surface area (Å²) in [7, 11) is 0. The van der Waals surface area contributed by atoms with Gasteiger partial charge in [-0.3, -0.25) is 0 Å². The monoisotopic (exact) mass is 253 g/mol. The fourth-order valence-electron chi connectivity index (χ4n) is 1.65. The van der Waals surface area contributed by atoms with Gasteiger partial charge in [-0.25, -0.2) is 9.18 Å². The molecule has 0 fully saturated rings. The van der Waals surface area contributed by atoms with Gasteiger partial charge in [0, 0.05) is 11.8 Å². The summed E-state index contributed by atoms with van der Waals surface area (Å²) in [5.74, 6) is -1.50. The highest BCUT2D eigenvalue weighted by Crippen LogP contribution is 2.23. The van der Waals surface area contributed by atoms with Crippen LogP contribution in [0, 0.1) is 12.7 Å². The molecule has 2 aromatic rings. The second kappa shape index (κ2) is 4.22. The third kappa shape index (κ3) is 2.03. The van der Waals surface area contributed by atoms with E-state index in [0.29, 0.717) is 16.3 Å². The van der Waals surface area contributed by atoms with Crippen molar-refractivity contribution in [2.45, 2.75) is 6.92 Å². The zero-order chi connectivity index (χ0) is 12.6. The Balaban J connectivity index is 2.68. The van der Waals surface area contributed by atoms with E-state index in [4.69, 9.17) is 16.7 Å².